The van der Waals surface area contributed by atoms with E-state index < -0.39 is 11.4 Å². The van der Waals surface area contributed by atoms with Crippen molar-refractivity contribution < 1.29 is 9.90 Å². The van der Waals surface area contributed by atoms with Crippen LogP contribution >= 0.6 is 22.6 Å². The summed E-state index contributed by atoms with van der Waals surface area (Å²) in [4.78, 5) is 31.1. The first-order valence-corrected chi connectivity index (χ1v) is 8.33. The molecule has 1 saturated heterocycles. The zero-order chi connectivity index (χ0) is 15.9. The first-order valence-electron chi connectivity index (χ1n) is 7.25. The summed E-state index contributed by atoms with van der Waals surface area (Å²) in [5, 5.41) is 9.06. The average molecular weight is 415 g/mol. The zero-order valence-corrected chi connectivity index (χ0v) is 14.5. The summed E-state index contributed by atoms with van der Waals surface area (Å²) in [6.45, 7) is 4.10. The number of aromatic amines is 1. The lowest BCUT2D eigenvalue weighted by Crippen LogP contribution is -2.50. The SMILES string of the molecule is CN1CCN(C2Cc3[nH]cc(C(=O)O)c(=O)c3C=C2I)CC1. The third-order valence-electron chi connectivity index (χ3n) is 4.41. The second kappa shape index (κ2) is 6.13. The molecule has 22 heavy (non-hydrogen) atoms. The minimum atomic E-state index is -1.19. The summed E-state index contributed by atoms with van der Waals surface area (Å²) >= 11 is 2.27. The summed E-state index contributed by atoms with van der Waals surface area (Å²) in [6, 6.07) is 0.271. The van der Waals surface area contributed by atoms with Gasteiger partial charge in [-0.1, -0.05) is 0 Å². The van der Waals surface area contributed by atoms with Crippen LogP contribution in [0.5, 0.6) is 0 Å². The summed E-state index contributed by atoms with van der Waals surface area (Å²) in [5.74, 6) is -1.19. The highest BCUT2D eigenvalue weighted by molar-refractivity contribution is 14.1. The molecule has 0 bridgehead atoms. The number of aromatic nitrogens is 1. The Balaban J connectivity index is 1.91. The van der Waals surface area contributed by atoms with Crippen LogP contribution in [0.3, 0.4) is 0 Å². The van der Waals surface area contributed by atoms with Crippen LogP contribution in [0.15, 0.2) is 14.6 Å². The van der Waals surface area contributed by atoms with E-state index in [1.54, 1.807) is 0 Å². The minimum absolute atomic E-state index is 0.197. The predicted octanol–water partition coefficient (Wildman–Crippen LogP) is 1.02. The van der Waals surface area contributed by atoms with Crippen molar-refractivity contribution in [1.29, 1.82) is 0 Å². The van der Waals surface area contributed by atoms with E-state index in [-0.39, 0.29) is 11.6 Å². The van der Waals surface area contributed by atoms with Gasteiger partial charge in [0.15, 0.2) is 0 Å². The molecule has 3 rings (SSSR count). The van der Waals surface area contributed by atoms with Crippen LogP contribution < -0.4 is 5.43 Å². The van der Waals surface area contributed by atoms with E-state index in [1.807, 2.05) is 6.08 Å². The lowest BCUT2D eigenvalue weighted by molar-refractivity contribution is 0.0695. The standard InChI is InChI=1S/C15H18IN3O3/c1-18-2-4-19(5-3-18)13-7-12-9(6-11(13)16)14(20)10(8-17-12)15(21)22/h6,8,13H,2-5,7H2,1H3,(H,17,20)(H,21,22). The first-order chi connectivity index (χ1) is 10.5. The molecule has 1 unspecified atom stereocenters. The third kappa shape index (κ3) is 2.84. The normalized spacial score (nSPS) is 23.0. The lowest BCUT2D eigenvalue weighted by atomic mass is 9.96. The number of fused-ring (bicyclic) bond motifs is 1. The molecule has 118 valence electrons. The fourth-order valence-corrected chi connectivity index (χ4v) is 3.95. The maximum absolute atomic E-state index is 12.3. The number of halogens is 1. The van der Waals surface area contributed by atoms with Crippen LogP contribution in [-0.2, 0) is 6.42 Å². The molecule has 0 aromatic carbocycles. The highest BCUT2D eigenvalue weighted by Gasteiger charge is 2.30. The number of carboxylic acid groups (broad SMARTS) is 1. The van der Waals surface area contributed by atoms with Gasteiger partial charge in [-0.25, -0.2) is 4.79 Å². The number of nitrogens with one attached hydrogen (secondary N) is 1. The van der Waals surface area contributed by atoms with Gasteiger partial charge in [0, 0.05) is 59.7 Å². The highest BCUT2D eigenvalue weighted by Crippen LogP contribution is 2.29. The minimum Gasteiger partial charge on any atom is -0.477 e. The van der Waals surface area contributed by atoms with E-state index in [9.17, 15) is 9.59 Å². The van der Waals surface area contributed by atoms with Crippen molar-refractivity contribution in [2.45, 2.75) is 12.5 Å². The molecule has 2 heterocycles. The summed E-state index contributed by atoms with van der Waals surface area (Å²) in [7, 11) is 2.12. The second-order valence-corrected chi connectivity index (χ2v) is 7.06. The van der Waals surface area contributed by atoms with Gasteiger partial charge < -0.3 is 15.0 Å². The predicted molar refractivity (Wildman–Crippen MR) is 92.6 cm³/mol. The number of aromatic carboxylic acids is 1. The number of hydrogen-bond donors (Lipinski definition) is 2. The van der Waals surface area contributed by atoms with Crippen molar-refractivity contribution in [3.05, 3.63) is 36.8 Å². The molecule has 6 nitrogen and oxygen atoms in total. The Morgan fingerprint density at radius 2 is 2.05 bits per heavy atom. The summed E-state index contributed by atoms with van der Waals surface area (Å²) < 4.78 is 1.10. The molecule has 1 aliphatic carbocycles. The molecule has 2 N–H and O–H groups in total. The van der Waals surface area contributed by atoms with Crippen molar-refractivity contribution in [2.75, 3.05) is 33.2 Å². The number of hydrogen-bond acceptors (Lipinski definition) is 4. The van der Waals surface area contributed by atoms with E-state index in [1.165, 1.54) is 6.20 Å². The van der Waals surface area contributed by atoms with Gasteiger partial charge in [0.1, 0.15) is 5.56 Å². The Morgan fingerprint density at radius 1 is 1.36 bits per heavy atom. The van der Waals surface area contributed by atoms with E-state index in [4.69, 9.17) is 5.11 Å². The van der Waals surface area contributed by atoms with Gasteiger partial charge in [-0.2, -0.15) is 0 Å². The molecule has 0 amide bonds. The molecule has 2 aliphatic rings. The average Bonchev–Trinajstić information content (AvgIpc) is 2.48. The Morgan fingerprint density at radius 3 is 2.68 bits per heavy atom. The molecule has 1 fully saturated rings. The molecule has 1 aliphatic heterocycles. The van der Waals surface area contributed by atoms with Gasteiger partial charge in [0.25, 0.3) is 0 Å². The highest BCUT2D eigenvalue weighted by atomic mass is 127. The number of carboxylic acids is 1. The van der Waals surface area contributed by atoms with Gasteiger partial charge >= 0.3 is 5.97 Å². The van der Waals surface area contributed by atoms with Gasteiger partial charge in [-0.05, 0) is 35.7 Å². The third-order valence-corrected chi connectivity index (χ3v) is 5.44. The maximum atomic E-state index is 12.3. The Labute approximate surface area is 141 Å². The van der Waals surface area contributed by atoms with E-state index in [0.29, 0.717) is 5.56 Å². The second-order valence-electron chi connectivity index (χ2n) is 5.82. The monoisotopic (exact) mass is 415 g/mol. The lowest BCUT2D eigenvalue weighted by Gasteiger charge is -2.39. The van der Waals surface area contributed by atoms with Crippen LogP contribution in [-0.4, -0.2) is 65.1 Å². The van der Waals surface area contributed by atoms with Crippen molar-refractivity contribution in [2.24, 2.45) is 0 Å². The smallest absolute Gasteiger partial charge is 0.341 e. The summed E-state index contributed by atoms with van der Waals surface area (Å²) in [6.07, 6.45) is 3.88. The fraction of sp³-hybridized carbons (Fsp3) is 0.467. The van der Waals surface area contributed by atoms with Gasteiger partial charge in [0.05, 0.1) is 0 Å². The summed E-state index contributed by atoms with van der Waals surface area (Å²) in [5.41, 5.74) is 0.735. The molecule has 7 heteroatoms. The van der Waals surface area contributed by atoms with Gasteiger partial charge in [-0.15, -0.1) is 0 Å². The molecule has 1 aromatic rings. The Kier molecular flexibility index (Phi) is 4.37. The molecule has 0 saturated carbocycles. The van der Waals surface area contributed by atoms with Crippen molar-refractivity contribution in [3.63, 3.8) is 0 Å². The van der Waals surface area contributed by atoms with Crippen LogP contribution in [0.1, 0.15) is 21.6 Å². The van der Waals surface area contributed by atoms with Gasteiger partial charge in [0.2, 0.25) is 5.43 Å². The molecule has 1 atom stereocenters. The van der Waals surface area contributed by atoms with Crippen molar-refractivity contribution >= 4 is 34.6 Å². The molecule has 0 radical (unpaired) electrons. The maximum Gasteiger partial charge on any atom is 0.341 e. The molecular formula is C15H18IN3O3. The number of nitrogens with zero attached hydrogens (tertiary/aromatic N) is 2. The molecule has 1 aromatic heterocycles. The number of carbonyl (C=O) groups is 1. The number of likely N-dealkylation sites (N-methyl/N-ethyl adjacent to an activating group) is 1. The van der Waals surface area contributed by atoms with Crippen LogP contribution in [0, 0.1) is 0 Å². The van der Waals surface area contributed by atoms with Crippen LogP contribution in [0.2, 0.25) is 0 Å². The molecular weight excluding hydrogens is 397 g/mol. The quantitative estimate of drug-likeness (QED) is 0.706. The zero-order valence-electron chi connectivity index (χ0n) is 12.3. The van der Waals surface area contributed by atoms with E-state index >= 15 is 0 Å². The van der Waals surface area contributed by atoms with Crippen molar-refractivity contribution in [3.8, 4) is 0 Å². The largest absolute Gasteiger partial charge is 0.477 e. The number of rotatable bonds is 2. The Bertz CT molecular complexity index is 690. The first kappa shape index (κ1) is 15.7. The number of pyridine rings is 1. The topological polar surface area (TPSA) is 76.6 Å². The van der Waals surface area contributed by atoms with E-state index in [2.05, 4.69) is 44.4 Å². The van der Waals surface area contributed by atoms with Crippen molar-refractivity contribution in [1.82, 2.24) is 14.8 Å². The number of H-pyrrole nitrogens is 1. The fourth-order valence-electron chi connectivity index (χ4n) is 3.03. The molecule has 0 spiro atoms. The van der Waals surface area contributed by atoms with Gasteiger partial charge in [-0.3, -0.25) is 9.69 Å². The van der Waals surface area contributed by atoms with E-state index in [0.717, 1.165) is 41.9 Å². The Hall–Kier alpha value is -1.19. The van der Waals surface area contributed by atoms with Crippen LogP contribution in [0.25, 0.3) is 6.08 Å². The van der Waals surface area contributed by atoms with Crippen LogP contribution in [0.4, 0.5) is 0 Å². The number of piperazine rings is 1.